The summed E-state index contributed by atoms with van der Waals surface area (Å²) in [6, 6.07) is 20.8. The van der Waals surface area contributed by atoms with Crippen molar-refractivity contribution in [1.82, 2.24) is 10.3 Å². The quantitative estimate of drug-likeness (QED) is 0.655. The Labute approximate surface area is 175 Å². The van der Waals surface area contributed by atoms with Crippen molar-refractivity contribution in [2.24, 2.45) is 0 Å². The molecule has 0 unspecified atom stereocenters. The molecular weight excluding hydrogens is 378 g/mol. The monoisotopic (exact) mass is 401 g/mol. The number of aromatic nitrogens is 1. The van der Waals surface area contributed by atoms with E-state index >= 15 is 0 Å². The number of nitrogens with one attached hydrogen (secondary N) is 1. The predicted octanol–water partition coefficient (Wildman–Crippen LogP) is 3.72. The van der Waals surface area contributed by atoms with Crippen molar-refractivity contribution in [3.8, 4) is 5.88 Å². The molecule has 1 aliphatic heterocycles. The van der Waals surface area contributed by atoms with E-state index in [0.29, 0.717) is 31.0 Å². The number of rotatable bonds is 7. The van der Waals surface area contributed by atoms with Gasteiger partial charge in [-0.1, -0.05) is 42.5 Å². The Hall–Kier alpha value is -3.67. The average molecular weight is 401 g/mol. The van der Waals surface area contributed by atoms with Crippen LogP contribution in [-0.2, 0) is 17.9 Å². The Balaban J connectivity index is 1.36. The molecule has 3 aromatic rings. The van der Waals surface area contributed by atoms with Crippen LogP contribution >= 0.6 is 0 Å². The zero-order chi connectivity index (χ0) is 20.8. The van der Waals surface area contributed by atoms with Gasteiger partial charge < -0.3 is 15.0 Å². The van der Waals surface area contributed by atoms with Crippen LogP contribution < -0.4 is 15.0 Å². The van der Waals surface area contributed by atoms with Crippen LogP contribution in [0.4, 0.5) is 5.69 Å². The fourth-order valence-corrected chi connectivity index (χ4v) is 3.40. The number of anilines is 1. The second-order valence-corrected chi connectivity index (χ2v) is 7.16. The molecule has 1 fully saturated rings. The lowest BCUT2D eigenvalue weighted by molar-refractivity contribution is -0.117. The predicted molar refractivity (Wildman–Crippen MR) is 114 cm³/mol. The summed E-state index contributed by atoms with van der Waals surface area (Å²) in [6.07, 6.45) is 3.04. The molecule has 0 saturated carbocycles. The molecule has 152 valence electrons. The fraction of sp³-hybridized carbons (Fsp3) is 0.208. The number of benzene rings is 2. The zero-order valence-electron chi connectivity index (χ0n) is 16.6. The van der Waals surface area contributed by atoms with Gasteiger partial charge in [-0.3, -0.25) is 9.59 Å². The van der Waals surface area contributed by atoms with Crippen molar-refractivity contribution in [1.29, 1.82) is 0 Å². The van der Waals surface area contributed by atoms with Crippen molar-refractivity contribution in [3.05, 3.63) is 89.6 Å². The van der Waals surface area contributed by atoms with Crippen molar-refractivity contribution in [2.45, 2.75) is 26.0 Å². The molecule has 30 heavy (non-hydrogen) atoms. The number of hydrogen-bond donors (Lipinski definition) is 1. The number of nitrogens with zero attached hydrogens (tertiary/aromatic N) is 2. The van der Waals surface area contributed by atoms with E-state index in [-0.39, 0.29) is 11.8 Å². The Morgan fingerprint density at radius 3 is 2.67 bits per heavy atom. The highest BCUT2D eigenvalue weighted by Crippen LogP contribution is 2.22. The Kier molecular flexibility index (Phi) is 6.03. The lowest BCUT2D eigenvalue weighted by Crippen LogP contribution is -2.25. The van der Waals surface area contributed by atoms with Gasteiger partial charge in [0.15, 0.2) is 0 Å². The van der Waals surface area contributed by atoms with E-state index < -0.39 is 0 Å². The first kappa shape index (κ1) is 19.6. The molecule has 1 saturated heterocycles. The summed E-state index contributed by atoms with van der Waals surface area (Å²) in [7, 11) is 0. The van der Waals surface area contributed by atoms with Gasteiger partial charge in [-0.25, -0.2) is 4.98 Å². The van der Waals surface area contributed by atoms with E-state index in [1.807, 2.05) is 54.6 Å². The van der Waals surface area contributed by atoms with E-state index in [4.69, 9.17) is 4.74 Å². The first-order valence-electron chi connectivity index (χ1n) is 9.99. The smallest absolute Gasteiger partial charge is 0.251 e. The molecule has 0 bridgehead atoms. The maximum atomic E-state index is 12.6. The third-order valence-electron chi connectivity index (χ3n) is 4.98. The van der Waals surface area contributed by atoms with Crippen LogP contribution in [0.2, 0.25) is 0 Å². The minimum atomic E-state index is -0.204. The van der Waals surface area contributed by atoms with Crippen LogP contribution in [0, 0.1) is 0 Å². The summed E-state index contributed by atoms with van der Waals surface area (Å²) >= 11 is 0. The minimum absolute atomic E-state index is 0.149. The third kappa shape index (κ3) is 4.84. The molecule has 6 heteroatoms. The Morgan fingerprint density at radius 1 is 1.03 bits per heavy atom. The fourth-order valence-electron chi connectivity index (χ4n) is 3.40. The number of pyridine rings is 1. The van der Waals surface area contributed by atoms with Crippen LogP contribution in [0.3, 0.4) is 0 Å². The summed E-state index contributed by atoms with van der Waals surface area (Å²) in [5.41, 5.74) is 3.34. The molecule has 0 aliphatic carbocycles. The first-order valence-corrected chi connectivity index (χ1v) is 9.99. The van der Waals surface area contributed by atoms with Crippen molar-refractivity contribution >= 4 is 17.5 Å². The van der Waals surface area contributed by atoms with Crippen LogP contribution in [-0.4, -0.2) is 23.3 Å². The van der Waals surface area contributed by atoms with E-state index in [0.717, 1.165) is 29.8 Å². The van der Waals surface area contributed by atoms with Crippen molar-refractivity contribution < 1.29 is 14.3 Å². The molecule has 0 atom stereocenters. The molecule has 0 radical (unpaired) electrons. The first-order chi connectivity index (χ1) is 14.7. The van der Waals surface area contributed by atoms with Gasteiger partial charge in [0, 0.05) is 43.0 Å². The maximum absolute atomic E-state index is 12.6. The average Bonchev–Trinajstić information content (AvgIpc) is 3.23. The maximum Gasteiger partial charge on any atom is 0.251 e. The highest BCUT2D eigenvalue weighted by atomic mass is 16.5. The van der Waals surface area contributed by atoms with Gasteiger partial charge in [0.2, 0.25) is 11.8 Å². The van der Waals surface area contributed by atoms with Gasteiger partial charge in [0.05, 0.1) is 0 Å². The Morgan fingerprint density at radius 2 is 1.87 bits per heavy atom. The van der Waals surface area contributed by atoms with E-state index in [1.165, 1.54) is 0 Å². The zero-order valence-corrected chi connectivity index (χ0v) is 16.6. The topological polar surface area (TPSA) is 71.5 Å². The highest BCUT2D eigenvalue weighted by Gasteiger charge is 2.21. The molecule has 2 amide bonds. The lowest BCUT2D eigenvalue weighted by atomic mass is 10.1. The van der Waals surface area contributed by atoms with Gasteiger partial charge in [-0.15, -0.1) is 0 Å². The van der Waals surface area contributed by atoms with Gasteiger partial charge in [0.1, 0.15) is 6.61 Å². The van der Waals surface area contributed by atoms with E-state index in [1.54, 1.807) is 23.2 Å². The second kappa shape index (κ2) is 9.22. The second-order valence-electron chi connectivity index (χ2n) is 7.16. The number of ether oxygens (including phenoxy) is 1. The molecule has 1 aromatic heterocycles. The van der Waals surface area contributed by atoms with Crippen molar-refractivity contribution in [2.75, 3.05) is 11.4 Å². The summed E-state index contributed by atoms with van der Waals surface area (Å²) in [5.74, 6) is 0.349. The molecule has 2 heterocycles. The summed E-state index contributed by atoms with van der Waals surface area (Å²) < 4.78 is 5.70. The highest BCUT2D eigenvalue weighted by molar-refractivity contribution is 5.95. The van der Waals surface area contributed by atoms with Crippen molar-refractivity contribution in [3.63, 3.8) is 0 Å². The van der Waals surface area contributed by atoms with Gasteiger partial charge in [-0.2, -0.15) is 0 Å². The van der Waals surface area contributed by atoms with E-state index in [9.17, 15) is 9.59 Å². The van der Waals surface area contributed by atoms with E-state index in [2.05, 4.69) is 10.3 Å². The number of amides is 2. The Bertz CT molecular complexity index is 1040. The van der Waals surface area contributed by atoms with Gasteiger partial charge in [-0.05, 0) is 35.7 Å². The molecule has 4 rings (SSSR count). The minimum Gasteiger partial charge on any atom is -0.473 e. The van der Waals surface area contributed by atoms with Gasteiger partial charge in [0.25, 0.3) is 5.91 Å². The summed E-state index contributed by atoms with van der Waals surface area (Å²) in [6.45, 7) is 1.51. The molecule has 2 aromatic carbocycles. The molecule has 1 N–H and O–H groups in total. The molecule has 1 aliphatic rings. The summed E-state index contributed by atoms with van der Waals surface area (Å²) in [4.78, 5) is 30.5. The molecule has 6 nitrogen and oxygen atoms in total. The van der Waals surface area contributed by atoms with Gasteiger partial charge >= 0.3 is 0 Å². The van der Waals surface area contributed by atoms with Crippen LogP contribution in [0.1, 0.15) is 34.3 Å². The summed E-state index contributed by atoms with van der Waals surface area (Å²) in [5, 5.41) is 2.92. The number of hydrogen-bond acceptors (Lipinski definition) is 4. The standard InChI is InChI=1S/C24H23N3O3/c28-23-10-5-13-27(23)21-9-4-8-19(14-21)16-26-24(29)20-11-12-25-22(15-20)30-17-18-6-2-1-3-7-18/h1-4,6-9,11-12,14-15H,5,10,13,16-17H2,(H,26,29). The third-order valence-corrected chi connectivity index (χ3v) is 4.98. The van der Waals surface area contributed by atoms with Crippen LogP contribution in [0.25, 0.3) is 0 Å². The van der Waals surface area contributed by atoms with Crippen LogP contribution in [0.15, 0.2) is 72.9 Å². The number of carbonyl (C=O) groups is 2. The SMILES string of the molecule is O=C(NCc1cccc(N2CCCC2=O)c1)c1ccnc(OCc2ccccc2)c1. The molecular formula is C24H23N3O3. The normalized spacial score (nSPS) is 13.3. The lowest BCUT2D eigenvalue weighted by Gasteiger charge is -2.16. The van der Waals surface area contributed by atoms with Crippen LogP contribution in [0.5, 0.6) is 5.88 Å². The number of carbonyl (C=O) groups excluding carboxylic acids is 2. The largest absolute Gasteiger partial charge is 0.473 e. The molecule has 0 spiro atoms.